The fourth-order valence-corrected chi connectivity index (χ4v) is 4.49. The Balaban J connectivity index is 1.71. The van der Waals surface area contributed by atoms with Crippen LogP contribution in [0, 0.1) is 0 Å². The van der Waals surface area contributed by atoms with Crippen molar-refractivity contribution in [3.63, 3.8) is 0 Å². The number of carboxylic acids is 1. The Kier molecular flexibility index (Phi) is 6.74. The maximum Gasteiger partial charge on any atom is 0.422 e. The zero-order valence-electron chi connectivity index (χ0n) is 19.0. The van der Waals surface area contributed by atoms with Gasteiger partial charge in [0.15, 0.2) is 11.2 Å². The number of oxazole rings is 1. The minimum Gasteiger partial charge on any atom is -0.478 e. The number of aryl methyl sites for hydroxylation is 1. The summed E-state index contributed by atoms with van der Waals surface area (Å²) in [6.45, 7) is 1.17. The first-order valence-electron chi connectivity index (χ1n) is 10.5. The number of hydrogen-bond acceptors (Lipinski definition) is 6. The lowest BCUT2D eigenvalue weighted by Gasteiger charge is -2.37. The van der Waals surface area contributed by atoms with Crippen LogP contribution in [0.5, 0.6) is 11.6 Å². The zero-order chi connectivity index (χ0) is 27.3. The number of alkyl halides is 3. The molecule has 13 heteroatoms. The molecule has 0 bridgehead atoms. The highest BCUT2D eigenvalue weighted by Crippen LogP contribution is 2.50. The van der Waals surface area contributed by atoms with Gasteiger partial charge in [-0.25, -0.2) is 14.6 Å². The fraction of sp³-hybridized carbons (Fsp3) is 0.208. The van der Waals surface area contributed by atoms with Crippen molar-refractivity contribution in [3.05, 3.63) is 85.9 Å². The molecule has 2 aromatic carbocycles. The summed E-state index contributed by atoms with van der Waals surface area (Å²) in [5.41, 5.74) is -4.03. The van der Waals surface area contributed by atoms with Crippen LogP contribution in [-0.2, 0) is 12.6 Å². The molecule has 194 valence electrons. The van der Waals surface area contributed by atoms with Gasteiger partial charge in [-0.1, -0.05) is 42.3 Å². The molecule has 0 aliphatic heterocycles. The smallest absolute Gasteiger partial charge is 0.422 e. The highest BCUT2D eigenvalue weighted by Gasteiger charge is 2.59. The predicted molar refractivity (Wildman–Crippen MR) is 128 cm³/mol. The Hall–Kier alpha value is -3.54. The van der Waals surface area contributed by atoms with Gasteiger partial charge in [-0.3, -0.25) is 4.57 Å². The summed E-state index contributed by atoms with van der Waals surface area (Å²) < 4.78 is 54.7. The molecule has 37 heavy (non-hydrogen) atoms. The lowest BCUT2D eigenvalue weighted by Crippen LogP contribution is -2.46. The third-order valence-corrected chi connectivity index (χ3v) is 6.62. The topological polar surface area (TPSA) is 115 Å². The second-order valence-corrected chi connectivity index (χ2v) is 8.94. The summed E-state index contributed by atoms with van der Waals surface area (Å²) in [5, 5.41) is 19.7. The van der Waals surface area contributed by atoms with E-state index in [4.69, 9.17) is 37.5 Å². The summed E-state index contributed by atoms with van der Waals surface area (Å²) in [5.74, 6) is -3.63. The molecule has 4 rings (SSSR count). The third kappa shape index (κ3) is 4.65. The average Bonchev–Trinajstić information content (AvgIpc) is 3.10. The van der Waals surface area contributed by atoms with Crippen molar-refractivity contribution in [2.24, 2.45) is 7.05 Å². The number of benzene rings is 2. The summed E-state index contributed by atoms with van der Waals surface area (Å²) in [7, 11) is 1.33. The van der Waals surface area contributed by atoms with Gasteiger partial charge in [-0.05, 0) is 41.5 Å². The van der Waals surface area contributed by atoms with Gasteiger partial charge in [-0.15, -0.1) is 0 Å². The molecule has 2 unspecified atom stereocenters. The van der Waals surface area contributed by atoms with E-state index in [-0.39, 0.29) is 44.0 Å². The number of nitrogens with zero attached hydrogens (tertiary/aromatic N) is 2. The standard InChI is InChI=1S/C24H17Cl2F3N2O6/c1-11(23(35,24(27,28)29)12-3-7-18-17(9-12)31(2)22(34)37-18)14-5-4-13(10-16(14)25)36-19-8-6-15(21(32)33)20(26)30-19/h3-11,35H,1-2H3,(H,32,33). The molecule has 0 fully saturated rings. The molecule has 2 atom stereocenters. The lowest BCUT2D eigenvalue weighted by atomic mass is 9.77. The molecule has 0 aliphatic rings. The van der Waals surface area contributed by atoms with Crippen LogP contribution in [0.2, 0.25) is 10.2 Å². The van der Waals surface area contributed by atoms with Gasteiger partial charge >= 0.3 is 17.9 Å². The maximum absolute atomic E-state index is 14.4. The maximum atomic E-state index is 14.4. The fourth-order valence-electron chi connectivity index (χ4n) is 3.93. The predicted octanol–water partition coefficient (Wildman–Crippen LogP) is 5.88. The molecule has 0 spiro atoms. The van der Waals surface area contributed by atoms with Crippen LogP contribution < -0.4 is 10.5 Å². The first-order valence-corrected chi connectivity index (χ1v) is 11.3. The van der Waals surface area contributed by atoms with Crippen molar-refractivity contribution in [2.75, 3.05) is 0 Å². The van der Waals surface area contributed by atoms with Crippen LogP contribution in [0.3, 0.4) is 0 Å². The molecular formula is C24H17Cl2F3N2O6. The van der Waals surface area contributed by atoms with Crippen molar-refractivity contribution >= 4 is 40.3 Å². The number of ether oxygens (including phenoxy) is 1. The monoisotopic (exact) mass is 556 g/mol. The Morgan fingerprint density at radius 2 is 1.84 bits per heavy atom. The Bertz CT molecular complexity index is 1580. The van der Waals surface area contributed by atoms with Gasteiger partial charge in [-0.2, -0.15) is 13.2 Å². The van der Waals surface area contributed by atoms with Crippen molar-refractivity contribution < 1.29 is 37.3 Å². The van der Waals surface area contributed by atoms with Gasteiger partial charge in [0, 0.05) is 24.1 Å². The molecule has 2 N–H and O–H groups in total. The molecule has 8 nitrogen and oxygen atoms in total. The number of halogens is 5. The van der Waals surface area contributed by atoms with Gasteiger partial charge in [0.05, 0.1) is 11.1 Å². The number of carboxylic acid groups (broad SMARTS) is 1. The molecule has 0 amide bonds. The Labute approximate surface area is 216 Å². The summed E-state index contributed by atoms with van der Waals surface area (Å²) in [6, 6.07) is 9.51. The first-order chi connectivity index (χ1) is 17.2. The SMILES string of the molecule is CC(c1ccc(Oc2ccc(C(=O)O)c(Cl)n2)cc1Cl)C(O)(c1ccc2oc(=O)n(C)c2c1)C(F)(F)F. The zero-order valence-corrected chi connectivity index (χ0v) is 20.5. The van der Waals surface area contributed by atoms with Crippen LogP contribution in [0.25, 0.3) is 11.1 Å². The summed E-state index contributed by atoms with van der Waals surface area (Å²) >= 11 is 12.1. The van der Waals surface area contributed by atoms with E-state index in [1.54, 1.807) is 0 Å². The molecule has 0 saturated carbocycles. The van der Waals surface area contributed by atoms with Crippen molar-refractivity contribution in [2.45, 2.75) is 24.6 Å². The van der Waals surface area contributed by atoms with Crippen molar-refractivity contribution in [1.82, 2.24) is 9.55 Å². The number of rotatable bonds is 6. The highest BCUT2D eigenvalue weighted by molar-refractivity contribution is 6.32. The van der Waals surface area contributed by atoms with E-state index in [0.29, 0.717) is 0 Å². The molecule has 4 aromatic rings. The molecule has 2 heterocycles. The van der Waals surface area contributed by atoms with E-state index in [1.807, 2.05) is 0 Å². The third-order valence-electron chi connectivity index (χ3n) is 6.00. The van der Waals surface area contributed by atoms with E-state index < -0.39 is 35.0 Å². The number of fused-ring (bicyclic) bond motifs is 1. The van der Waals surface area contributed by atoms with Crippen LogP contribution in [-0.4, -0.2) is 31.9 Å². The van der Waals surface area contributed by atoms with E-state index in [0.717, 1.165) is 16.7 Å². The van der Waals surface area contributed by atoms with E-state index in [2.05, 4.69) is 4.98 Å². The molecule has 0 radical (unpaired) electrons. The van der Waals surface area contributed by atoms with Crippen molar-refractivity contribution in [3.8, 4) is 11.6 Å². The van der Waals surface area contributed by atoms with E-state index in [1.165, 1.54) is 50.4 Å². The number of pyridine rings is 1. The van der Waals surface area contributed by atoms with Crippen LogP contribution in [0.4, 0.5) is 13.2 Å². The molecule has 0 saturated heterocycles. The van der Waals surface area contributed by atoms with E-state index >= 15 is 0 Å². The number of hydrogen-bond donors (Lipinski definition) is 2. The van der Waals surface area contributed by atoms with E-state index in [9.17, 15) is 27.9 Å². The largest absolute Gasteiger partial charge is 0.478 e. The first kappa shape index (κ1) is 26.5. The van der Waals surface area contributed by atoms with Crippen LogP contribution in [0.1, 0.15) is 34.3 Å². The van der Waals surface area contributed by atoms with Gasteiger partial charge < -0.3 is 19.4 Å². The number of carbonyl (C=O) groups is 1. The molecule has 0 aliphatic carbocycles. The number of aliphatic hydroxyl groups is 1. The van der Waals surface area contributed by atoms with Gasteiger partial charge in [0.2, 0.25) is 5.88 Å². The van der Waals surface area contributed by atoms with Gasteiger partial charge in [0.25, 0.3) is 0 Å². The Morgan fingerprint density at radius 1 is 1.14 bits per heavy atom. The van der Waals surface area contributed by atoms with Crippen LogP contribution in [0.15, 0.2) is 57.7 Å². The summed E-state index contributed by atoms with van der Waals surface area (Å²) in [6.07, 6.45) is -5.13. The molecule has 2 aromatic heterocycles. The second-order valence-electron chi connectivity index (χ2n) is 8.17. The Morgan fingerprint density at radius 3 is 2.43 bits per heavy atom. The number of aromatic carboxylic acids is 1. The average molecular weight is 557 g/mol. The highest BCUT2D eigenvalue weighted by atomic mass is 35.5. The summed E-state index contributed by atoms with van der Waals surface area (Å²) in [4.78, 5) is 26.7. The van der Waals surface area contributed by atoms with Crippen LogP contribution >= 0.6 is 23.2 Å². The normalized spacial score (nSPS) is 14.4. The molecular weight excluding hydrogens is 540 g/mol. The quantitative estimate of drug-likeness (QED) is 0.285. The van der Waals surface area contributed by atoms with Crippen molar-refractivity contribution in [1.29, 1.82) is 0 Å². The van der Waals surface area contributed by atoms with Gasteiger partial charge in [0.1, 0.15) is 10.9 Å². The minimum atomic E-state index is -5.13. The second kappa shape index (κ2) is 9.40. The number of aromatic nitrogens is 2. The minimum absolute atomic E-state index is 0.0396. The lowest BCUT2D eigenvalue weighted by molar-refractivity contribution is -0.274.